The highest BCUT2D eigenvalue weighted by Crippen LogP contribution is 2.27. The molecule has 35 heavy (non-hydrogen) atoms. The van der Waals surface area contributed by atoms with Crippen LogP contribution in [0.15, 0.2) is 46.9 Å². The zero-order chi connectivity index (χ0) is 25.2. The van der Waals surface area contributed by atoms with Gasteiger partial charge in [0.2, 0.25) is 17.5 Å². The normalized spacial score (nSPS) is 14.4. The van der Waals surface area contributed by atoms with E-state index in [4.69, 9.17) is 27.6 Å². The molecule has 1 saturated heterocycles. The first kappa shape index (κ1) is 24.8. The zero-order valence-corrected chi connectivity index (χ0v) is 21.4. The molecule has 2 aromatic carbocycles. The van der Waals surface area contributed by atoms with E-state index in [-0.39, 0.29) is 17.0 Å². The van der Waals surface area contributed by atoms with E-state index in [0.717, 1.165) is 5.56 Å². The summed E-state index contributed by atoms with van der Waals surface area (Å²) in [5, 5.41) is 10.4. The van der Waals surface area contributed by atoms with Gasteiger partial charge in [-0.05, 0) is 40.8 Å². The summed E-state index contributed by atoms with van der Waals surface area (Å²) in [7, 11) is 0. The molecule has 4 rings (SSSR count). The third-order valence-corrected chi connectivity index (χ3v) is 6.49. The maximum Gasteiger partial charge on any atom is 0.255 e. The molecule has 1 aliphatic heterocycles. The lowest BCUT2D eigenvalue weighted by molar-refractivity contribution is 0.0745. The molecule has 180 valence electrons. The average molecular weight is 509 g/mol. The number of hydrogen-bond donors (Lipinski definition) is 0. The van der Waals surface area contributed by atoms with Crippen LogP contribution in [0.2, 0.25) is 10.0 Å². The van der Waals surface area contributed by atoms with Crippen LogP contribution in [-0.2, 0) is 5.41 Å². The summed E-state index contributed by atoms with van der Waals surface area (Å²) in [5.74, 6) is 0.639. The van der Waals surface area contributed by atoms with Crippen molar-refractivity contribution in [2.24, 2.45) is 0 Å². The second-order valence-corrected chi connectivity index (χ2v) is 10.3. The van der Waals surface area contributed by atoms with Gasteiger partial charge in [0.15, 0.2) is 0 Å². The lowest BCUT2D eigenvalue weighted by Gasteiger charge is -2.34. The Kier molecular flexibility index (Phi) is 7.20. The Balaban J connectivity index is 1.43. The molecule has 0 radical (unpaired) electrons. The van der Waals surface area contributed by atoms with Gasteiger partial charge in [-0.25, -0.2) is 0 Å². The minimum atomic E-state index is -0.148. The number of hydrogen-bond acceptors (Lipinski definition) is 5. The van der Waals surface area contributed by atoms with Crippen molar-refractivity contribution < 1.29 is 9.21 Å². The number of nitriles is 1. The third kappa shape index (κ3) is 5.70. The molecule has 0 aliphatic carbocycles. The average Bonchev–Trinajstić information content (AvgIpc) is 3.25. The predicted octanol–water partition coefficient (Wildman–Crippen LogP) is 6.28. The molecule has 0 saturated carbocycles. The van der Waals surface area contributed by atoms with Crippen LogP contribution in [0.3, 0.4) is 0 Å². The van der Waals surface area contributed by atoms with Crippen molar-refractivity contribution in [2.45, 2.75) is 26.2 Å². The Morgan fingerprint density at radius 1 is 1.06 bits per heavy atom. The van der Waals surface area contributed by atoms with Crippen molar-refractivity contribution in [1.29, 1.82) is 5.26 Å². The Bertz CT molecular complexity index is 1290. The van der Waals surface area contributed by atoms with E-state index >= 15 is 0 Å². The van der Waals surface area contributed by atoms with Crippen LogP contribution in [0.1, 0.15) is 53.8 Å². The lowest BCUT2D eigenvalue weighted by Crippen LogP contribution is -2.49. The van der Waals surface area contributed by atoms with Gasteiger partial charge in [-0.15, -0.1) is 0 Å². The van der Waals surface area contributed by atoms with Crippen LogP contribution < -0.4 is 4.90 Å². The summed E-state index contributed by atoms with van der Waals surface area (Å²) in [6.07, 6.45) is 3.68. The van der Waals surface area contributed by atoms with Crippen molar-refractivity contribution in [2.75, 3.05) is 31.1 Å². The second kappa shape index (κ2) is 10.2. The van der Waals surface area contributed by atoms with Crippen molar-refractivity contribution in [3.05, 3.63) is 80.8 Å². The van der Waals surface area contributed by atoms with Crippen LogP contribution in [0.25, 0.3) is 12.2 Å². The van der Waals surface area contributed by atoms with Gasteiger partial charge in [0.05, 0.1) is 10.6 Å². The molecule has 1 amide bonds. The number of nitrogens with zero attached hydrogens (tertiary/aromatic N) is 4. The van der Waals surface area contributed by atoms with Crippen molar-refractivity contribution in [3.63, 3.8) is 0 Å². The van der Waals surface area contributed by atoms with E-state index in [0.29, 0.717) is 53.6 Å². The van der Waals surface area contributed by atoms with Gasteiger partial charge in [-0.3, -0.25) is 4.79 Å². The molecular weight excluding hydrogens is 483 g/mol. The molecule has 8 heteroatoms. The van der Waals surface area contributed by atoms with Gasteiger partial charge < -0.3 is 14.2 Å². The fraction of sp³-hybridized carbons (Fsp3) is 0.296. The van der Waals surface area contributed by atoms with Crippen LogP contribution >= 0.6 is 23.2 Å². The third-order valence-electron chi connectivity index (χ3n) is 5.94. The zero-order valence-electron chi connectivity index (χ0n) is 19.9. The Labute approximate surface area is 215 Å². The number of piperazine rings is 1. The molecule has 0 unspecified atom stereocenters. The van der Waals surface area contributed by atoms with E-state index < -0.39 is 0 Å². The minimum Gasteiger partial charge on any atom is -0.420 e. The first-order chi connectivity index (χ1) is 16.7. The molecule has 1 fully saturated rings. The summed E-state index contributed by atoms with van der Waals surface area (Å²) in [6, 6.07) is 15.3. The standard InChI is InChI=1S/C27H26Cl2N4O2/c1-27(2,3)19-7-4-18(5-8-19)6-11-24-31-23(17-30)26(35-24)33-14-12-32(13-15-33)25(34)21-10-9-20(28)16-22(21)29/h4-11,16H,12-15H2,1-3H3/b11-6+. The van der Waals surface area contributed by atoms with E-state index in [1.165, 1.54) is 5.56 Å². The highest BCUT2D eigenvalue weighted by Gasteiger charge is 2.27. The number of halogens is 2. The van der Waals surface area contributed by atoms with Crippen LogP contribution in [0.4, 0.5) is 5.88 Å². The number of anilines is 1. The Hall–Kier alpha value is -3.27. The largest absolute Gasteiger partial charge is 0.420 e. The summed E-state index contributed by atoms with van der Waals surface area (Å²) in [6.45, 7) is 8.49. The molecular formula is C27H26Cl2N4O2. The van der Waals surface area contributed by atoms with Crippen molar-refractivity contribution >= 4 is 47.1 Å². The highest BCUT2D eigenvalue weighted by atomic mass is 35.5. The number of amides is 1. The van der Waals surface area contributed by atoms with Crippen molar-refractivity contribution in [1.82, 2.24) is 9.88 Å². The van der Waals surface area contributed by atoms with Gasteiger partial charge >= 0.3 is 0 Å². The SMILES string of the molecule is CC(C)(C)c1ccc(/C=C/c2nc(C#N)c(N3CCN(C(=O)c4ccc(Cl)cc4Cl)CC3)o2)cc1. The Morgan fingerprint density at radius 2 is 1.74 bits per heavy atom. The minimum absolute atomic E-state index is 0.0944. The summed E-state index contributed by atoms with van der Waals surface area (Å²) < 4.78 is 5.92. The van der Waals surface area contributed by atoms with Crippen LogP contribution in [0.5, 0.6) is 0 Å². The van der Waals surface area contributed by atoms with Gasteiger partial charge in [0.1, 0.15) is 6.07 Å². The molecule has 1 aliphatic rings. The molecule has 0 bridgehead atoms. The first-order valence-corrected chi connectivity index (χ1v) is 12.1. The topological polar surface area (TPSA) is 73.4 Å². The fourth-order valence-corrected chi connectivity index (χ4v) is 4.38. The summed E-state index contributed by atoms with van der Waals surface area (Å²) >= 11 is 12.1. The smallest absolute Gasteiger partial charge is 0.255 e. The molecule has 0 N–H and O–H groups in total. The van der Waals surface area contributed by atoms with Gasteiger partial charge in [0, 0.05) is 37.3 Å². The molecule has 0 atom stereocenters. The molecule has 1 aromatic heterocycles. The van der Waals surface area contributed by atoms with Gasteiger partial charge in [-0.2, -0.15) is 10.2 Å². The Morgan fingerprint density at radius 3 is 2.34 bits per heavy atom. The second-order valence-electron chi connectivity index (χ2n) is 9.43. The molecule has 3 aromatic rings. The summed E-state index contributed by atoms with van der Waals surface area (Å²) in [5.41, 5.74) is 3.02. The monoisotopic (exact) mass is 508 g/mol. The van der Waals surface area contributed by atoms with E-state index in [1.807, 2.05) is 11.0 Å². The summed E-state index contributed by atoms with van der Waals surface area (Å²) in [4.78, 5) is 20.9. The van der Waals surface area contributed by atoms with Gasteiger partial charge in [-0.1, -0.05) is 68.2 Å². The number of carbonyl (C=O) groups excluding carboxylic acids is 1. The van der Waals surface area contributed by atoms with Gasteiger partial charge in [0.25, 0.3) is 5.91 Å². The quantitative estimate of drug-likeness (QED) is 0.414. The number of carbonyl (C=O) groups is 1. The highest BCUT2D eigenvalue weighted by molar-refractivity contribution is 6.36. The maximum absolute atomic E-state index is 12.9. The fourth-order valence-electron chi connectivity index (χ4n) is 3.89. The van der Waals surface area contributed by atoms with Crippen molar-refractivity contribution in [3.8, 4) is 6.07 Å². The molecule has 2 heterocycles. The number of oxazole rings is 1. The molecule has 6 nitrogen and oxygen atoms in total. The van der Waals surface area contributed by atoms with E-state index in [2.05, 4.69) is 56.1 Å². The van der Waals surface area contributed by atoms with Crippen LogP contribution in [-0.4, -0.2) is 42.0 Å². The van der Waals surface area contributed by atoms with E-state index in [9.17, 15) is 10.1 Å². The lowest BCUT2D eigenvalue weighted by atomic mass is 9.87. The van der Waals surface area contributed by atoms with E-state index in [1.54, 1.807) is 29.2 Å². The number of rotatable bonds is 4. The predicted molar refractivity (Wildman–Crippen MR) is 140 cm³/mol. The maximum atomic E-state index is 12.9. The van der Waals surface area contributed by atoms with Crippen LogP contribution in [0, 0.1) is 11.3 Å². The first-order valence-electron chi connectivity index (χ1n) is 11.3. The molecule has 0 spiro atoms. The number of benzene rings is 2. The number of aromatic nitrogens is 1.